The van der Waals surface area contributed by atoms with Gasteiger partial charge in [0.05, 0.1) is 24.9 Å². The van der Waals surface area contributed by atoms with E-state index in [1.54, 1.807) is 62.0 Å². The Kier molecular flexibility index (Phi) is 6.45. The molecule has 0 bridgehead atoms. The van der Waals surface area contributed by atoms with Crippen molar-refractivity contribution in [3.05, 3.63) is 83.1 Å². The van der Waals surface area contributed by atoms with Crippen LogP contribution >= 0.6 is 22.9 Å². The zero-order valence-corrected chi connectivity index (χ0v) is 18.1. The van der Waals surface area contributed by atoms with Gasteiger partial charge in [0.15, 0.2) is 5.75 Å². The predicted molar refractivity (Wildman–Crippen MR) is 122 cm³/mol. The van der Waals surface area contributed by atoms with E-state index in [0.29, 0.717) is 27.9 Å². The fourth-order valence-electron chi connectivity index (χ4n) is 2.83. The third kappa shape index (κ3) is 5.39. The number of thiazole rings is 1. The number of halogens is 1. The van der Waals surface area contributed by atoms with Gasteiger partial charge in [0.25, 0.3) is 0 Å². The summed E-state index contributed by atoms with van der Waals surface area (Å²) < 4.78 is 11.1. The van der Waals surface area contributed by atoms with Crippen LogP contribution in [0.5, 0.6) is 17.2 Å². The average molecular weight is 452 g/mol. The molecule has 0 radical (unpaired) electrons. The molecule has 0 aliphatic carbocycles. The number of amides is 1. The molecule has 8 heteroatoms. The molecule has 2 aromatic heterocycles. The van der Waals surface area contributed by atoms with E-state index in [2.05, 4.69) is 15.3 Å². The van der Waals surface area contributed by atoms with E-state index < -0.39 is 0 Å². The van der Waals surface area contributed by atoms with Crippen LogP contribution in [-0.4, -0.2) is 23.0 Å². The summed E-state index contributed by atoms with van der Waals surface area (Å²) in [7, 11) is 1.60. The molecule has 0 saturated carbocycles. The van der Waals surface area contributed by atoms with Crippen LogP contribution in [-0.2, 0) is 11.2 Å². The Labute approximate surface area is 188 Å². The van der Waals surface area contributed by atoms with E-state index in [1.807, 2.05) is 17.5 Å². The van der Waals surface area contributed by atoms with E-state index in [0.717, 1.165) is 16.3 Å². The molecule has 0 atom stereocenters. The zero-order valence-electron chi connectivity index (χ0n) is 16.5. The third-order valence-electron chi connectivity index (χ3n) is 4.30. The van der Waals surface area contributed by atoms with Crippen molar-refractivity contribution in [3.63, 3.8) is 0 Å². The number of rotatable bonds is 7. The van der Waals surface area contributed by atoms with Crippen LogP contribution in [0.3, 0.4) is 0 Å². The van der Waals surface area contributed by atoms with Crippen molar-refractivity contribution in [2.75, 3.05) is 12.4 Å². The zero-order chi connectivity index (χ0) is 21.6. The van der Waals surface area contributed by atoms with Gasteiger partial charge in [0.1, 0.15) is 16.5 Å². The van der Waals surface area contributed by atoms with Gasteiger partial charge in [-0.05, 0) is 54.6 Å². The first-order chi connectivity index (χ1) is 15.1. The molecule has 4 aromatic rings. The Bertz CT molecular complexity index is 1180. The van der Waals surface area contributed by atoms with Crippen molar-refractivity contribution >= 4 is 34.5 Å². The van der Waals surface area contributed by atoms with Crippen LogP contribution in [0.1, 0.15) is 5.69 Å². The molecule has 0 aliphatic rings. The number of ether oxygens (including phenoxy) is 2. The van der Waals surface area contributed by atoms with E-state index in [1.165, 1.54) is 11.3 Å². The molecule has 1 amide bonds. The molecular formula is C23H18ClN3O3S. The summed E-state index contributed by atoms with van der Waals surface area (Å²) in [6.07, 6.45) is 3.59. The Balaban J connectivity index is 1.46. The first-order valence-corrected chi connectivity index (χ1v) is 10.6. The molecule has 2 heterocycles. The van der Waals surface area contributed by atoms with Crippen LogP contribution in [0.15, 0.2) is 72.4 Å². The van der Waals surface area contributed by atoms with Gasteiger partial charge < -0.3 is 14.8 Å². The molecule has 156 valence electrons. The molecule has 1 N–H and O–H groups in total. The second-order valence-corrected chi connectivity index (χ2v) is 7.82. The number of anilines is 1. The fraction of sp³-hybridized carbons (Fsp3) is 0.0870. The summed E-state index contributed by atoms with van der Waals surface area (Å²) in [6, 6.07) is 16.0. The summed E-state index contributed by atoms with van der Waals surface area (Å²) >= 11 is 7.61. The molecule has 0 fully saturated rings. The minimum atomic E-state index is -0.218. The van der Waals surface area contributed by atoms with Crippen LogP contribution < -0.4 is 14.8 Å². The van der Waals surface area contributed by atoms with Gasteiger partial charge in [-0.25, -0.2) is 4.98 Å². The number of carbonyl (C=O) groups is 1. The average Bonchev–Trinajstić information content (AvgIpc) is 3.25. The lowest BCUT2D eigenvalue weighted by Gasteiger charge is -2.13. The number of benzene rings is 2. The van der Waals surface area contributed by atoms with Crippen molar-refractivity contribution < 1.29 is 14.3 Å². The van der Waals surface area contributed by atoms with E-state index in [4.69, 9.17) is 21.1 Å². The highest BCUT2D eigenvalue weighted by atomic mass is 35.5. The number of pyridine rings is 1. The minimum Gasteiger partial charge on any atom is -0.497 e. The number of aromatic nitrogens is 2. The SMILES string of the molecule is COc1ccc(Oc2ccc(Cl)cc2NC(=O)Cc2csc(-c3cccnc3)n2)cc1. The Morgan fingerprint density at radius 1 is 1.13 bits per heavy atom. The molecule has 0 unspecified atom stereocenters. The monoisotopic (exact) mass is 451 g/mol. The summed E-state index contributed by atoms with van der Waals surface area (Å²) in [4.78, 5) is 21.3. The molecule has 2 aromatic carbocycles. The molecular weight excluding hydrogens is 434 g/mol. The number of carbonyl (C=O) groups excluding carboxylic acids is 1. The van der Waals surface area contributed by atoms with Gasteiger partial charge >= 0.3 is 0 Å². The van der Waals surface area contributed by atoms with E-state index in [9.17, 15) is 4.79 Å². The standard InChI is InChI=1S/C23H18ClN3O3S/c1-29-18-5-7-19(8-6-18)30-21-9-4-16(24)11-20(21)27-22(28)12-17-14-31-23(26-17)15-3-2-10-25-13-15/h2-11,13-14H,12H2,1H3,(H,27,28). The highest BCUT2D eigenvalue weighted by Crippen LogP contribution is 2.33. The van der Waals surface area contributed by atoms with Crippen LogP contribution in [0.4, 0.5) is 5.69 Å². The summed E-state index contributed by atoms with van der Waals surface area (Å²) in [6.45, 7) is 0. The lowest BCUT2D eigenvalue weighted by molar-refractivity contribution is -0.115. The fourth-order valence-corrected chi connectivity index (χ4v) is 3.81. The quantitative estimate of drug-likeness (QED) is 0.382. The number of hydrogen-bond acceptors (Lipinski definition) is 6. The van der Waals surface area contributed by atoms with Crippen molar-refractivity contribution in [2.24, 2.45) is 0 Å². The van der Waals surface area contributed by atoms with Gasteiger partial charge in [-0.15, -0.1) is 11.3 Å². The molecule has 0 aliphatic heterocycles. The second kappa shape index (κ2) is 9.59. The Morgan fingerprint density at radius 2 is 1.94 bits per heavy atom. The van der Waals surface area contributed by atoms with Gasteiger partial charge in [-0.1, -0.05) is 11.6 Å². The highest BCUT2D eigenvalue weighted by Gasteiger charge is 2.13. The molecule has 0 saturated heterocycles. The van der Waals surface area contributed by atoms with Crippen molar-refractivity contribution in [3.8, 4) is 27.8 Å². The Hall–Kier alpha value is -3.42. The van der Waals surface area contributed by atoms with Crippen molar-refractivity contribution in [2.45, 2.75) is 6.42 Å². The van der Waals surface area contributed by atoms with E-state index >= 15 is 0 Å². The number of hydrogen-bond donors (Lipinski definition) is 1. The van der Waals surface area contributed by atoms with Gasteiger partial charge in [0.2, 0.25) is 5.91 Å². The predicted octanol–water partition coefficient (Wildman–Crippen LogP) is 5.84. The lowest BCUT2D eigenvalue weighted by atomic mass is 10.2. The highest BCUT2D eigenvalue weighted by molar-refractivity contribution is 7.13. The van der Waals surface area contributed by atoms with Crippen molar-refractivity contribution in [1.82, 2.24) is 9.97 Å². The van der Waals surface area contributed by atoms with Gasteiger partial charge in [-0.3, -0.25) is 9.78 Å². The molecule has 0 spiro atoms. The maximum Gasteiger partial charge on any atom is 0.230 e. The molecule has 4 rings (SSSR count). The van der Waals surface area contributed by atoms with Crippen LogP contribution in [0.25, 0.3) is 10.6 Å². The summed E-state index contributed by atoms with van der Waals surface area (Å²) in [5, 5.41) is 6.05. The smallest absolute Gasteiger partial charge is 0.230 e. The maximum atomic E-state index is 12.7. The topological polar surface area (TPSA) is 73.3 Å². The largest absolute Gasteiger partial charge is 0.497 e. The summed E-state index contributed by atoms with van der Waals surface area (Å²) in [5.41, 5.74) is 2.08. The first kappa shape index (κ1) is 20.8. The van der Waals surface area contributed by atoms with Gasteiger partial charge in [-0.2, -0.15) is 0 Å². The normalized spacial score (nSPS) is 10.5. The van der Waals surface area contributed by atoms with Crippen molar-refractivity contribution in [1.29, 1.82) is 0 Å². The van der Waals surface area contributed by atoms with Crippen LogP contribution in [0, 0.1) is 0 Å². The molecule has 6 nitrogen and oxygen atoms in total. The van der Waals surface area contributed by atoms with E-state index in [-0.39, 0.29) is 12.3 Å². The Morgan fingerprint density at radius 3 is 2.68 bits per heavy atom. The summed E-state index contributed by atoms with van der Waals surface area (Å²) in [5.74, 6) is 1.60. The maximum absolute atomic E-state index is 12.7. The number of methoxy groups -OCH3 is 1. The number of nitrogens with one attached hydrogen (secondary N) is 1. The number of nitrogens with zero attached hydrogens (tertiary/aromatic N) is 2. The van der Waals surface area contributed by atoms with Gasteiger partial charge in [0, 0.05) is 28.4 Å². The lowest BCUT2D eigenvalue weighted by Crippen LogP contribution is -2.15. The minimum absolute atomic E-state index is 0.130. The second-order valence-electron chi connectivity index (χ2n) is 6.53. The first-order valence-electron chi connectivity index (χ1n) is 9.37. The van der Waals surface area contributed by atoms with Crippen LogP contribution in [0.2, 0.25) is 5.02 Å². The third-order valence-corrected chi connectivity index (χ3v) is 5.48. The molecule has 31 heavy (non-hydrogen) atoms.